The van der Waals surface area contributed by atoms with Gasteiger partial charge in [-0.2, -0.15) is 0 Å². The van der Waals surface area contributed by atoms with Crippen LogP contribution in [0.4, 0.5) is 0 Å². The number of hydrogen-bond donors (Lipinski definition) is 0. The Morgan fingerprint density at radius 2 is 1.71 bits per heavy atom. The van der Waals surface area contributed by atoms with Gasteiger partial charge in [0.15, 0.2) is 11.8 Å². The number of imidazole rings is 1. The number of aromatic nitrogens is 2. The Morgan fingerprint density at radius 1 is 1.00 bits per heavy atom. The summed E-state index contributed by atoms with van der Waals surface area (Å²) >= 11 is 18.5. The Balaban J connectivity index is 0.00000169. The van der Waals surface area contributed by atoms with Gasteiger partial charge in [0.2, 0.25) is 0 Å². The predicted molar refractivity (Wildman–Crippen MR) is 98.3 cm³/mol. The molecule has 124 valence electrons. The minimum absolute atomic E-state index is 0. The number of nitrogens with zero attached hydrogens (tertiary/aromatic N) is 2. The molecule has 1 saturated heterocycles. The molecule has 1 fully saturated rings. The molecule has 0 amide bonds. The maximum absolute atomic E-state index is 6.45. The molecule has 0 N–H and O–H groups in total. The van der Waals surface area contributed by atoms with Crippen molar-refractivity contribution in [1.82, 2.24) is 9.55 Å². The van der Waals surface area contributed by atoms with Crippen LogP contribution in [0.15, 0.2) is 61.2 Å². The van der Waals surface area contributed by atoms with E-state index in [0.717, 1.165) is 11.1 Å². The molecule has 2 unspecified atom stereocenters. The normalized spacial score (nSPS) is 22.0. The second-order valence-corrected chi connectivity index (χ2v) is 6.63. The van der Waals surface area contributed by atoms with Crippen LogP contribution >= 0.6 is 47.2 Å². The van der Waals surface area contributed by atoms with Crippen LogP contribution in [0, 0.1) is 0 Å². The van der Waals surface area contributed by atoms with Crippen molar-refractivity contribution in [3.63, 3.8) is 0 Å². The zero-order valence-corrected chi connectivity index (χ0v) is 15.3. The predicted octanol–water partition coefficient (Wildman–Crippen LogP) is 5.74. The van der Waals surface area contributed by atoms with E-state index >= 15 is 0 Å². The third-order valence-electron chi connectivity index (χ3n) is 3.99. The minimum atomic E-state index is -0.674. The van der Waals surface area contributed by atoms with Crippen LogP contribution in [0.2, 0.25) is 15.1 Å². The average molecular weight is 402 g/mol. The van der Waals surface area contributed by atoms with E-state index in [9.17, 15) is 0 Å². The van der Waals surface area contributed by atoms with Crippen LogP contribution in [0.3, 0.4) is 0 Å². The van der Waals surface area contributed by atoms with E-state index < -0.39 is 5.60 Å². The number of halogens is 4. The largest absolute Gasteiger partial charge is 0.333 e. The van der Waals surface area contributed by atoms with Crippen LogP contribution in [0.1, 0.15) is 17.4 Å². The first-order chi connectivity index (χ1) is 11.1. The molecule has 0 radical (unpaired) electrons. The van der Waals surface area contributed by atoms with E-state index in [1.54, 1.807) is 18.6 Å². The van der Waals surface area contributed by atoms with Crippen molar-refractivity contribution < 1.29 is 4.74 Å². The van der Waals surface area contributed by atoms with Gasteiger partial charge in [-0.25, -0.2) is 4.98 Å². The smallest absolute Gasteiger partial charge is 0.174 e. The molecule has 7 heteroatoms. The standard InChI is InChI=1S/C17H11Cl3N2O.ClH/c18-12-3-1-11(2-4-12)17(14-6-5-13(19)9-15(14)20)16(23-17)22-8-7-21-10-22;/h1-10,16H;1H. The Kier molecular flexibility index (Phi) is 4.82. The highest BCUT2D eigenvalue weighted by Gasteiger charge is 2.61. The van der Waals surface area contributed by atoms with E-state index in [0.29, 0.717) is 15.1 Å². The van der Waals surface area contributed by atoms with Crippen LogP contribution in [-0.4, -0.2) is 9.55 Å². The second-order valence-electron chi connectivity index (χ2n) is 5.35. The van der Waals surface area contributed by atoms with Gasteiger partial charge in [-0.05, 0) is 29.8 Å². The summed E-state index contributed by atoms with van der Waals surface area (Å²) in [6.07, 6.45) is 5.10. The van der Waals surface area contributed by atoms with Crippen molar-refractivity contribution >= 4 is 47.2 Å². The van der Waals surface area contributed by atoms with Crippen molar-refractivity contribution in [3.8, 4) is 0 Å². The van der Waals surface area contributed by atoms with Gasteiger partial charge in [-0.15, -0.1) is 12.4 Å². The van der Waals surface area contributed by atoms with Gasteiger partial charge in [0.1, 0.15) is 0 Å². The maximum atomic E-state index is 6.45. The minimum Gasteiger partial charge on any atom is -0.333 e. The molecule has 0 saturated carbocycles. The summed E-state index contributed by atoms with van der Waals surface area (Å²) in [4.78, 5) is 4.09. The first kappa shape index (κ1) is 17.6. The first-order valence-corrected chi connectivity index (χ1v) is 8.11. The molecule has 2 atom stereocenters. The van der Waals surface area contributed by atoms with Gasteiger partial charge >= 0.3 is 0 Å². The second kappa shape index (κ2) is 6.58. The molecule has 4 rings (SSSR count). The number of epoxide rings is 1. The molecule has 2 aromatic carbocycles. The van der Waals surface area contributed by atoms with Gasteiger partial charge < -0.3 is 9.30 Å². The lowest BCUT2D eigenvalue weighted by atomic mass is 9.90. The molecule has 24 heavy (non-hydrogen) atoms. The number of ether oxygens (including phenoxy) is 1. The molecule has 0 aliphatic carbocycles. The highest BCUT2D eigenvalue weighted by Crippen LogP contribution is 2.60. The van der Waals surface area contributed by atoms with Gasteiger partial charge in [0.25, 0.3) is 0 Å². The maximum Gasteiger partial charge on any atom is 0.174 e. The fourth-order valence-corrected chi connectivity index (χ4v) is 3.55. The summed E-state index contributed by atoms with van der Waals surface area (Å²) in [5.41, 5.74) is 1.17. The summed E-state index contributed by atoms with van der Waals surface area (Å²) in [7, 11) is 0. The summed E-state index contributed by atoms with van der Waals surface area (Å²) in [5, 5.41) is 1.82. The van der Waals surface area contributed by atoms with Gasteiger partial charge in [-0.3, -0.25) is 0 Å². The Morgan fingerprint density at radius 3 is 2.33 bits per heavy atom. The zero-order chi connectivity index (χ0) is 16.0. The number of rotatable bonds is 3. The van der Waals surface area contributed by atoms with Gasteiger partial charge in [-0.1, -0.05) is 53.0 Å². The molecule has 1 aromatic heterocycles. The molecule has 0 bridgehead atoms. The third-order valence-corrected chi connectivity index (χ3v) is 4.79. The number of hydrogen-bond acceptors (Lipinski definition) is 2. The van der Waals surface area contributed by atoms with Crippen LogP contribution in [0.25, 0.3) is 0 Å². The Hall–Kier alpha value is -1.23. The SMILES string of the molecule is Cl.Clc1ccc(C2(c3ccc(Cl)cc3Cl)OC2n2ccnc2)cc1. The quantitative estimate of drug-likeness (QED) is 0.524. The molecule has 1 aliphatic heterocycles. The summed E-state index contributed by atoms with van der Waals surface area (Å²) in [5.74, 6) is 0. The van der Waals surface area contributed by atoms with Crippen molar-refractivity contribution in [2.75, 3.05) is 0 Å². The highest BCUT2D eigenvalue weighted by atomic mass is 35.5. The van der Waals surface area contributed by atoms with E-state index in [-0.39, 0.29) is 18.6 Å². The molecule has 1 aliphatic rings. The molecular formula is C17H12Cl4N2O. The van der Waals surface area contributed by atoms with Crippen molar-refractivity contribution in [1.29, 1.82) is 0 Å². The lowest BCUT2D eigenvalue weighted by molar-refractivity contribution is 0.304. The fraction of sp³-hybridized carbons (Fsp3) is 0.118. The van der Waals surface area contributed by atoms with Crippen molar-refractivity contribution in [3.05, 3.63) is 87.4 Å². The summed E-state index contributed by atoms with van der Waals surface area (Å²) < 4.78 is 8.05. The van der Waals surface area contributed by atoms with Crippen LogP contribution in [0.5, 0.6) is 0 Å². The molecule has 3 nitrogen and oxygen atoms in total. The summed E-state index contributed by atoms with van der Waals surface area (Å²) in [6, 6.07) is 13.0. The monoisotopic (exact) mass is 400 g/mol. The molecule has 2 heterocycles. The molecule has 3 aromatic rings. The fourth-order valence-electron chi connectivity index (χ4n) is 2.87. The lowest BCUT2D eigenvalue weighted by Gasteiger charge is -2.16. The van der Waals surface area contributed by atoms with Gasteiger partial charge in [0.05, 0.1) is 6.33 Å². The highest BCUT2D eigenvalue weighted by molar-refractivity contribution is 6.35. The average Bonchev–Trinajstić information content (AvgIpc) is 3.03. The van der Waals surface area contributed by atoms with E-state index in [2.05, 4.69) is 4.98 Å². The van der Waals surface area contributed by atoms with E-state index in [1.807, 2.05) is 47.2 Å². The third kappa shape index (κ3) is 2.81. The summed E-state index contributed by atoms with van der Waals surface area (Å²) in [6.45, 7) is 0. The Labute approximate surface area is 160 Å². The first-order valence-electron chi connectivity index (χ1n) is 6.98. The topological polar surface area (TPSA) is 30.4 Å². The molecular weight excluding hydrogens is 390 g/mol. The lowest BCUT2D eigenvalue weighted by Crippen LogP contribution is -2.15. The van der Waals surface area contributed by atoms with Crippen LogP contribution in [-0.2, 0) is 10.3 Å². The van der Waals surface area contributed by atoms with Crippen LogP contribution < -0.4 is 0 Å². The number of benzene rings is 2. The van der Waals surface area contributed by atoms with E-state index in [1.165, 1.54) is 0 Å². The Bertz CT molecular complexity index is 852. The van der Waals surface area contributed by atoms with Gasteiger partial charge in [0, 0.05) is 33.0 Å². The molecule has 0 spiro atoms. The van der Waals surface area contributed by atoms with Crippen molar-refractivity contribution in [2.24, 2.45) is 0 Å². The zero-order valence-electron chi connectivity index (χ0n) is 12.2. The van der Waals surface area contributed by atoms with Crippen molar-refractivity contribution in [2.45, 2.75) is 11.8 Å². The van der Waals surface area contributed by atoms with E-state index in [4.69, 9.17) is 39.5 Å².